The number of carbonyl (C=O) groups excluding carboxylic acids is 1. The molecule has 1 atom stereocenters. The summed E-state index contributed by atoms with van der Waals surface area (Å²) in [5.74, 6) is -0.0383. The van der Waals surface area contributed by atoms with Crippen LogP contribution >= 0.6 is 11.3 Å². The SMILES string of the molecule is CCOCCO[C@@H](C)C(=O)Nc1nc(-c2ccc(O)cc2)cs1. The smallest absolute Gasteiger partial charge is 0.254 e. The van der Waals surface area contributed by atoms with Crippen LogP contribution in [0.3, 0.4) is 0 Å². The van der Waals surface area contributed by atoms with Gasteiger partial charge in [0.25, 0.3) is 5.91 Å². The minimum absolute atomic E-state index is 0.204. The number of thiazole rings is 1. The van der Waals surface area contributed by atoms with Gasteiger partial charge in [-0.2, -0.15) is 0 Å². The number of aromatic hydroxyl groups is 1. The Kier molecular flexibility index (Phi) is 6.52. The van der Waals surface area contributed by atoms with Crippen LogP contribution in [-0.2, 0) is 14.3 Å². The molecule has 0 unspecified atom stereocenters. The van der Waals surface area contributed by atoms with E-state index >= 15 is 0 Å². The van der Waals surface area contributed by atoms with Crippen LogP contribution in [0.2, 0.25) is 0 Å². The molecular weight excluding hydrogens is 316 g/mol. The molecule has 2 N–H and O–H groups in total. The number of phenolic OH excluding ortho intramolecular Hbond substituents is 1. The van der Waals surface area contributed by atoms with E-state index < -0.39 is 6.10 Å². The zero-order chi connectivity index (χ0) is 16.7. The molecule has 124 valence electrons. The molecule has 0 saturated carbocycles. The lowest BCUT2D eigenvalue weighted by molar-refractivity contribution is -0.127. The molecule has 0 aliphatic heterocycles. The fraction of sp³-hybridized carbons (Fsp3) is 0.375. The van der Waals surface area contributed by atoms with E-state index in [9.17, 15) is 9.90 Å². The maximum absolute atomic E-state index is 12.0. The average Bonchev–Trinajstić information content (AvgIpc) is 3.00. The highest BCUT2D eigenvalue weighted by Gasteiger charge is 2.15. The number of amides is 1. The van der Waals surface area contributed by atoms with Gasteiger partial charge in [-0.05, 0) is 38.1 Å². The number of nitrogens with zero attached hydrogens (tertiary/aromatic N) is 1. The largest absolute Gasteiger partial charge is 0.508 e. The van der Waals surface area contributed by atoms with E-state index in [0.717, 1.165) is 11.3 Å². The summed E-state index contributed by atoms with van der Waals surface area (Å²) in [6.45, 7) is 5.07. The Hall–Kier alpha value is -1.96. The number of carbonyl (C=O) groups is 1. The molecule has 0 bridgehead atoms. The van der Waals surface area contributed by atoms with Gasteiger partial charge in [-0.25, -0.2) is 4.98 Å². The first kappa shape index (κ1) is 17.4. The predicted molar refractivity (Wildman–Crippen MR) is 89.8 cm³/mol. The van der Waals surface area contributed by atoms with Crippen molar-refractivity contribution in [3.05, 3.63) is 29.6 Å². The van der Waals surface area contributed by atoms with E-state index in [0.29, 0.717) is 25.0 Å². The van der Waals surface area contributed by atoms with Gasteiger partial charge in [0.05, 0.1) is 18.9 Å². The molecule has 23 heavy (non-hydrogen) atoms. The van der Waals surface area contributed by atoms with Crippen molar-refractivity contribution in [3.8, 4) is 17.0 Å². The summed E-state index contributed by atoms with van der Waals surface area (Å²) >= 11 is 1.34. The topological polar surface area (TPSA) is 80.7 Å². The molecule has 1 aromatic carbocycles. The molecule has 0 aliphatic carbocycles. The molecular formula is C16H20N2O4S. The quantitative estimate of drug-likeness (QED) is 0.725. The highest BCUT2D eigenvalue weighted by molar-refractivity contribution is 7.14. The standard InChI is InChI=1S/C16H20N2O4S/c1-3-21-8-9-22-11(2)15(20)18-16-17-14(10-23-16)12-4-6-13(19)7-5-12/h4-7,10-11,19H,3,8-9H2,1-2H3,(H,17,18,20)/t11-/m0/s1. The van der Waals surface area contributed by atoms with Crippen molar-refractivity contribution in [1.29, 1.82) is 0 Å². The van der Waals surface area contributed by atoms with Gasteiger partial charge in [-0.15, -0.1) is 11.3 Å². The number of hydrogen-bond acceptors (Lipinski definition) is 6. The molecule has 0 spiro atoms. The van der Waals surface area contributed by atoms with Gasteiger partial charge in [-0.3, -0.25) is 10.1 Å². The summed E-state index contributed by atoms with van der Waals surface area (Å²) in [5.41, 5.74) is 1.62. The third-order valence-electron chi connectivity index (χ3n) is 3.07. The molecule has 0 aliphatic rings. The summed E-state index contributed by atoms with van der Waals surface area (Å²) in [6.07, 6.45) is -0.573. The van der Waals surface area contributed by atoms with Gasteiger partial charge in [0.15, 0.2) is 5.13 Å². The normalized spacial score (nSPS) is 12.1. The van der Waals surface area contributed by atoms with Crippen molar-refractivity contribution in [3.63, 3.8) is 0 Å². The van der Waals surface area contributed by atoms with Crippen molar-refractivity contribution >= 4 is 22.4 Å². The van der Waals surface area contributed by atoms with Crippen molar-refractivity contribution < 1.29 is 19.4 Å². The van der Waals surface area contributed by atoms with Crippen LogP contribution in [0.4, 0.5) is 5.13 Å². The molecule has 7 heteroatoms. The first-order valence-electron chi connectivity index (χ1n) is 7.35. The predicted octanol–water partition coefficient (Wildman–Crippen LogP) is 2.90. The number of ether oxygens (including phenoxy) is 2. The Morgan fingerprint density at radius 1 is 1.35 bits per heavy atom. The van der Waals surface area contributed by atoms with E-state index in [1.807, 2.05) is 12.3 Å². The fourth-order valence-electron chi connectivity index (χ4n) is 1.81. The molecule has 1 heterocycles. The van der Waals surface area contributed by atoms with Gasteiger partial charge in [0.1, 0.15) is 11.9 Å². The number of benzene rings is 1. The number of rotatable bonds is 8. The highest BCUT2D eigenvalue weighted by atomic mass is 32.1. The minimum Gasteiger partial charge on any atom is -0.508 e. The first-order chi connectivity index (χ1) is 11.1. The van der Waals surface area contributed by atoms with E-state index in [2.05, 4.69) is 10.3 Å². The fourth-order valence-corrected chi connectivity index (χ4v) is 2.53. The van der Waals surface area contributed by atoms with Gasteiger partial charge in [0, 0.05) is 17.6 Å². The summed E-state index contributed by atoms with van der Waals surface area (Å²) in [4.78, 5) is 16.4. The molecule has 0 radical (unpaired) electrons. The molecule has 2 aromatic rings. The maximum Gasteiger partial charge on any atom is 0.254 e. The summed E-state index contributed by atoms with van der Waals surface area (Å²) in [7, 11) is 0. The summed E-state index contributed by atoms with van der Waals surface area (Å²) in [6, 6.07) is 6.74. The number of anilines is 1. The monoisotopic (exact) mass is 336 g/mol. The number of nitrogens with one attached hydrogen (secondary N) is 1. The van der Waals surface area contributed by atoms with Gasteiger partial charge in [-0.1, -0.05) is 0 Å². The van der Waals surface area contributed by atoms with Crippen LogP contribution in [0.1, 0.15) is 13.8 Å². The second kappa shape index (κ2) is 8.61. The number of aromatic nitrogens is 1. The van der Waals surface area contributed by atoms with E-state index in [4.69, 9.17) is 9.47 Å². The molecule has 1 aromatic heterocycles. The Morgan fingerprint density at radius 3 is 2.78 bits per heavy atom. The minimum atomic E-state index is -0.573. The molecule has 6 nitrogen and oxygen atoms in total. The van der Waals surface area contributed by atoms with E-state index in [1.165, 1.54) is 11.3 Å². The first-order valence-corrected chi connectivity index (χ1v) is 8.23. The van der Waals surface area contributed by atoms with Crippen LogP contribution < -0.4 is 5.32 Å². The molecule has 1 amide bonds. The Bertz CT molecular complexity index is 627. The van der Waals surface area contributed by atoms with Crippen LogP contribution in [0.5, 0.6) is 5.75 Å². The van der Waals surface area contributed by atoms with Gasteiger partial charge < -0.3 is 14.6 Å². The molecule has 0 saturated heterocycles. The van der Waals surface area contributed by atoms with Crippen LogP contribution in [0, 0.1) is 0 Å². The van der Waals surface area contributed by atoms with Crippen molar-refractivity contribution in [1.82, 2.24) is 4.98 Å². The van der Waals surface area contributed by atoms with Crippen molar-refractivity contribution in [2.75, 3.05) is 25.1 Å². The van der Waals surface area contributed by atoms with Crippen LogP contribution in [0.25, 0.3) is 11.3 Å². The van der Waals surface area contributed by atoms with Gasteiger partial charge in [0.2, 0.25) is 0 Å². The van der Waals surface area contributed by atoms with Crippen molar-refractivity contribution in [2.45, 2.75) is 20.0 Å². The number of phenols is 1. The second-order valence-corrected chi connectivity index (χ2v) is 5.64. The molecule has 0 fully saturated rings. The third kappa shape index (κ3) is 5.31. The molecule has 2 rings (SSSR count). The van der Waals surface area contributed by atoms with Crippen LogP contribution in [0.15, 0.2) is 29.6 Å². The number of hydrogen-bond donors (Lipinski definition) is 2. The van der Waals surface area contributed by atoms with Crippen LogP contribution in [-0.4, -0.2) is 41.9 Å². The second-order valence-electron chi connectivity index (χ2n) is 4.78. The lowest BCUT2D eigenvalue weighted by Crippen LogP contribution is -2.28. The van der Waals surface area contributed by atoms with E-state index in [-0.39, 0.29) is 11.7 Å². The Morgan fingerprint density at radius 2 is 2.09 bits per heavy atom. The summed E-state index contributed by atoms with van der Waals surface area (Å²) in [5, 5.41) is 14.4. The Balaban J connectivity index is 1.88. The third-order valence-corrected chi connectivity index (χ3v) is 3.82. The van der Waals surface area contributed by atoms with E-state index in [1.54, 1.807) is 31.2 Å². The maximum atomic E-state index is 12.0. The zero-order valence-electron chi connectivity index (χ0n) is 13.1. The summed E-state index contributed by atoms with van der Waals surface area (Å²) < 4.78 is 10.6. The lowest BCUT2D eigenvalue weighted by Gasteiger charge is -2.11. The lowest BCUT2D eigenvalue weighted by atomic mass is 10.2. The van der Waals surface area contributed by atoms with Crippen molar-refractivity contribution in [2.24, 2.45) is 0 Å². The Labute approximate surface area is 139 Å². The highest BCUT2D eigenvalue weighted by Crippen LogP contribution is 2.26. The van der Waals surface area contributed by atoms with Gasteiger partial charge >= 0.3 is 0 Å². The average molecular weight is 336 g/mol. The zero-order valence-corrected chi connectivity index (χ0v) is 13.9.